The maximum absolute atomic E-state index is 12.3. The summed E-state index contributed by atoms with van der Waals surface area (Å²) in [6.45, 7) is 1.79. The van der Waals surface area contributed by atoms with Crippen LogP contribution in [0.5, 0.6) is 5.75 Å². The average Bonchev–Trinajstić information content (AvgIpc) is 3.09. The molecule has 0 aliphatic rings. The molecule has 21 heavy (non-hydrogen) atoms. The number of anilines is 1. The van der Waals surface area contributed by atoms with Crippen LogP contribution in [-0.4, -0.2) is 20.7 Å². The molecule has 0 aliphatic heterocycles. The molecule has 2 aromatic heterocycles. The zero-order valence-electron chi connectivity index (χ0n) is 11.3. The largest absolute Gasteiger partial charge is 0.494 e. The van der Waals surface area contributed by atoms with Crippen LogP contribution in [0.25, 0.3) is 11.0 Å². The Balaban J connectivity index is 2.09. The molecule has 6 nitrogen and oxygen atoms in total. The summed E-state index contributed by atoms with van der Waals surface area (Å²) < 4.78 is 37.7. The molecular formula is C13H12N2O4S2. The number of fused-ring (bicyclic) bond motifs is 1. The quantitative estimate of drug-likeness (QED) is 0.798. The Hall–Kier alpha value is -2.06. The zero-order chi connectivity index (χ0) is 15.0. The Bertz CT molecular complexity index is 882. The first kappa shape index (κ1) is 13.9. The molecule has 8 heteroatoms. The van der Waals surface area contributed by atoms with E-state index in [1.165, 1.54) is 7.11 Å². The van der Waals surface area contributed by atoms with Gasteiger partial charge in [-0.1, -0.05) is 11.2 Å². The Morgan fingerprint density at radius 1 is 1.38 bits per heavy atom. The third kappa shape index (κ3) is 2.47. The summed E-state index contributed by atoms with van der Waals surface area (Å²) in [4.78, 5) is 0. The van der Waals surface area contributed by atoms with E-state index in [0.29, 0.717) is 22.7 Å². The summed E-state index contributed by atoms with van der Waals surface area (Å²) in [6, 6.07) is 6.50. The lowest BCUT2D eigenvalue weighted by Gasteiger charge is -2.10. The first-order chi connectivity index (χ1) is 10.0. The molecule has 3 aromatic rings. The fourth-order valence-electron chi connectivity index (χ4n) is 1.95. The third-order valence-electron chi connectivity index (χ3n) is 2.98. The standard InChI is InChI=1S/C13H12N2O4S2/c1-8-9-6-10(12(18-2)7-11(9)19-14-8)15-21(16,17)13-4-3-5-20-13/h3-7,15H,1-2H3. The maximum Gasteiger partial charge on any atom is 0.271 e. The zero-order valence-corrected chi connectivity index (χ0v) is 12.9. The van der Waals surface area contributed by atoms with E-state index in [-0.39, 0.29) is 4.21 Å². The van der Waals surface area contributed by atoms with Crippen LogP contribution < -0.4 is 9.46 Å². The van der Waals surface area contributed by atoms with Crippen LogP contribution >= 0.6 is 11.3 Å². The Labute approximate surface area is 125 Å². The van der Waals surface area contributed by atoms with Gasteiger partial charge >= 0.3 is 0 Å². The summed E-state index contributed by atoms with van der Waals surface area (Å²) in [5.41, 5.74) is 1.58. The molecule has 0 amide bonds. The average molecular weight is 324 g/mol. The first-order valence-electron chi connectivity index (χ1n) is 6.01. The molecule has 1 N–H and O–H groups in total. The number of methoxy groups -OCH3 is 1. The Morgan fingerprint density at radius 3 is 2.86 bits per heavy atom. The highest BCUT2D eigenvalue weighted by Gasteiger charge is 2.19. The molecule has 0 saturated heterocycles. The van der Waals surface area contributed by atoms with Crippen LogP contribution in [-0.2, 0) is 10.0 Å². The molecule has 0 bridgehead atoms. The number of ether oxygens (including phenoxy) is 1. The highest BCUT2D eigenvalue weighted by molar-refractivity contribution is 7.94. The van der Waals surface area contributed by atoms with Gasteiger partial charge in [-0.3, -0.25) is 4.72 Å². The monoisotopic (exact) mass is 324 g/mol. The van der Waals surface area contributed by atoms with Gasteiger partial charge < -0.3 is 9.26 Å². The van der Waals surface area contributed by atoms with Crippen molar-refractivity contribution in [3.63, 3.8) is 0 Å². The van der Waals surface area contributed by atoms with E-state index in [4.69, 9.17) is 9.26 Å². The molecule has 0 aliphatic carbocycles. The molecule has 1 aromatic carbocycles. The Kier molecular flexibility index (Phi) is 3.34. The van der Waals surface area contributed by atoms with Crippen molar-refractivity contribution in [2.24, 2.45) is 0 Å². The minimum Gasteiger partial charge on any atom is -0.494 e. The van der Waals surface area contributed by atoms with Gasteiger partial charge in [-0.15, -0.1) is 11.3 Å². The van der Waals surface area contributed by atoms with E-state index < -0.39 is 10.0 Å². The van der Waals surface area contributed by atoms with Crippen LogP contribution in [0, 0.1) is 6.92 Å². The minimum atomic E-state index is -3.63. The van der Waals surface area contributed by atoms with Gasteiger partial charge in [0.2, 0.25) is 0 Å². The van der Waals surface area contributed by atoms with Crippen molar-refractivity contribution in [2.75, 3.05) is 11.8 Å². The summed E-state index contributed by atoms with van der Waals surface area (Å²) >= 11 is 1.15. The molecule has 0 unspecified atom stereocenters. The SMILES string of the molecule is COc1cc2onc(C)c2cc1NS(=O)(=O)c1cccs1. The molecular weight excluding hydrogens is 312 g/mol. The van der Waals surface area contributed by atoms with Gasteiger partial charge in [0, 0.05) is 11.5 Å². The minimum absolute atomic E-state index is 0.242. The number of nitrogens with zero attached hydrogens (tertiary/aromatic N) is 1. The predicted octanol–water partition coefficient (Wildman–Crippen LogP) is 3.01. The van der Waals surface area contributed by atoms with E-state index in [2.05, 4.69) is 9.88 Å². The number of hydrogen-bond donors (Lipinski definition) is 1. The molecule has 0 fully saturated rings. The second-order valence-corrected chi connectivity index (χ2v) is 7.21. The van der Waals surface area contributed by atoms with Gasteiger partial charge in [0.25, 0.3) is 10.0 Å². The van der Waals surface area contributed by atoms with Gasteiger partial charge in [0.1, 0.15) is 9.96 Å². The lowest BCUT2D eigenvalue weighted by Crippen LogP contribution is -2.12. The molecule has 0 spiro atoms. The van der Waals surface area contributed by atoms with Crippen molar-refractivity contribution in [1.82, 2.24) is 5.16 Å². The summed E-state index contributed by atoms with van der Waals surface area (Å²) in [6.07, 6.45) is 0. The topological polar surface area (TPSA) is 81.4 Å². The van der Waals surface area contributed by atoms with Crippen molar-refractivity contribution in [2.45, 2.75) is 11.1 Å². The number of sulfonamides is 1. The number of aryl methyl sites for hydroxylation is 1. The summed E-state index contributed by atoms with van der Waals surface area (Å²) in [5.74, 6) is 0.374. The number of thiophene rings is 1. The van der Waals surface area contributed by atoms with Gasteiger partial charge in [-0.05, 0) is 24.4 Å². The smallest absolute Gasteiger partial charge is 0.271 e. The number of hydrogen-bond acceptors (Lipinski definition) is 6. The van der Waals surface area contributed by atoms with Gasteiger partial charge in [-0.25, -0.2) is 8.42 Å². The number of aromatic nitrogens is 1. The van der Waals surface area contributed by atoms with Gasteiger partial charge in [-0.2, -0.15) is 0 Å². The molecule has 0 radical (unpaired) electrons. The molecule has 2 heterocycles. The molecule has 3 rings (SSSR count). The lowest BCUT2D eigenvalue weighted by atomic mass is 10.2. The van der Waals surface area contributed by atoms with E-state index in [1.54, 1.807) is 36.6 Å². The second-order valence-electron chi connectivity index (χ2n) is 4.35. The second kappa shape index (κ2) is 5.05. The van der Waals surface area contributed by atoms with Crippen molar-refractivity contribution in [1.29, 1.82) is 0 Å². The first-order valence-corrected chi connectivity index (χ1v) is 8.38. The Morgan fingerprint density at radius 2 is 2.19 bits per heavy atom. The third-order valence-corrected chi connectivity index (χ3v) is 5.74. The van der Waals surface area contributed by atoms with Crippen LogP contribution in [0.1, 0.15) is 5.69 Å². The fourth-order valence-corrected chi connectivity index (χ4v) is 4.00. The van der Waals surface area contributed by atoms with Gasteiger partial charge in [0.05, 0.1) is 18.5 Å². The van der Waals surface area contributed by atoms with E-state index in [1.807, 2.05) is 0 Å². The van der Waals surface area contributed by atoms with Crippen LogP contribution in [0.4, 0.5) is 5.69 Å². The number of rotatable bonds is 4. The lowest BCUT2D eigenvalue weighted by molar-refractivity contribution is 0.413. The number of benzene rings is 1. The molecule has 0 atom stereocenters. The van der Waals surface area contributed by atoms with Gasteiger partial charge in [0.15, 0.2) is 5.58 Å². The molecule has 110 valence electrons. The van der Waals surface area contributed by atoms with E-state index >= 15 is 0 Å². The normalized spacial score (nSPS) is 11.7. The van der Waals surface area contributed by atoms with Crippen molar-refractivity contribution in [3.8, 4) is 5.75 Å². The van der Waals surface area contributed by atoms with Crippen molar-refractivity contribution >= 4 is 38.0 Å². The van der Waals surface area contributed by atoms with Crippen LogP contribution in [0.2, 0.25) is 0 Å². The van der Waals surface area contributed by atoms with E-state index in [9.17, 15) is 8.42 Å². The van der Waals surface area contributed by atoms with Crippen LogP contribution in [0.15, 0.2) is 38.4 Å². The van der Waals surface area contributed by atoms with Crippen molar-refractivity contribution in [3.05, 3.63) is 35.3 Å². The molecule has 0 saturated carbocycles. The fraction of sp³-hybridized carbons (Fsp3) is 0.154. The maximum atomic E-state index is 12.3. The summed E-state index contributed by atoms with van der Waals surface area (Å²) in [7, 11) is -2.16. The highest BCUT2D eigenvalue weighted by Crippen LogP contribution is 2.33. The number of nitrogens with one attached hydrogen (secondary N) is 1. The predicted molar refractivity (Wildman–Crippen MR) is 80.4 cm³/mol. The summed E-state index contributed by atoms with van der Waals surface area (Å²) in [5, 5.41) is 6.30. The van der Waals surface area contributed by atoms with Crippen molar-refractivity contribution < 1.29 is 17.7 Å². The highest BCUT2D eigenvalue weighted by atomic mass is 32.2. The van der Waals surface area contributed by atoms with Crippen LogP contribution in [0.3, 0.4) is 0 Å². The van der Waals surface area contributed by atoms with E-state index in [0.717, 1.165) is 16.7 Å².